The molecular weight excluding hydrogens is 388 g/mol. The lowest BCUT2D eigenvalue weighted by molar-refractivity contribution is -0.119. The van der Waals surface area contributed by atoms with Gasteiger partial charge in [0.05, 0.1) is 17.8 Å². The van der Waals surface area contributed by atoms with Gasteiger partial charge in [-0.25, -0.2) is 0 Å². The Morgan fingerprint density at radius 1 is 1.21 bits per heavy atom. The van der Waals surface area contributed by atoms with Gasteiger partial charge in [0.2, 0.25) is 5.91 Å². The van der Waals surface area contributed by atoms with Crippen molar-refractivity contribution in [3.63, 3.8) is 0 Å². The Kier molecular flexibility index (Phi) is 6.56. The second-order valence-electron chi connectivity index (χ2n) is 7.22. The largest absolute Gasteiger partial charge is 0.455 e. The molecule has 2 atom stereocenters. The predicted octanol–water partition coefficient (Wildman–Crippen LogP) is 3.88. The molecule has 7 heteroatoms. The van der Waals surface area contributed by atoms with E-state index in [1.54, 1.807) is 4.68 Å². The number of amides is 1. The monoisotopic (exact) mass is 412 g/mol. The maximum atomic E-state index is 13.1. The quantitative estimate of drug-likeness (QED) is 0.667. The number of hydrogen-bond acceptors (Lipinski definition) is 4. The van der Waals surface area contributed by atoms with Crippen LogP contribution in [0, 0.1) is 12.8 Å². The van der Waals surface area contributed by atoms with E-state index in [0.717, 1.165) is 23.4 Å². The van der Waals surface area contributed by atoms with Gasteiger partial charge >= 0.3 is 0 Å². The summed E-state index contributed by atoms with van der Waals surface area (Å²) in [5, 5.41) is 10.7. The van der Waals surface area contributed by atoms with Crippen LogP contribution in [0.3, 0.4) is 0 Å². The first-order valence-corrected chi connectivity index (χ1v) is 9.44. The Balaban J connectivity index is 0.00000240. The Bertz CT molecular complexity index is 974. The molecule has 1 fully saturated rings. The van der Waals surface area contributed by atoms with Gasteiger partial charge in [-0.1, -0.05) is 24.3 Å². The molecule has 0 unspecified atom stereocenters. The van der Waals surface area contributed by atoms with Crippen molar-refractivity contribution in [2.45, 2.75) is 12.8 Å². The molecule has 0 bridgehead atoms. The van der Waals surface area contributed by atoms with Crippen molar-refractivity contribution in [1.29, 1.82) is 0 Å². The molecule has 1 aromatic heterocycles. The maximum absolute atomic E-state index is 13.1. The number of aromatic nitrogens is 2. The van der Waals surface area contributed by atoms with Gasteiger partial charge in [-0.3, -0.25) is 9.48 Å². The molecule has 6 nitrogen and oxygen atoms in total. The molecule has 0 aliphatic carbocycles. The molecule has 1 saturated heterocycles. The second-order valence-corrected chi connectivity index (χ2v) is 7.22. The first-order valence-electron chi connectivity index (χ1n) is 9.44. The molecule has 1 amide bonds. The number of benzene rings is 2. The zero-order valence-corrected chi connectivity index (χ0v) is 17.3. The number of ether oxygens (including phenoxy) is 1. The van der Waals surface area contributed by atoms with Crippen LogP contribution in [0.15, 0.2) is 60.9 Å². The van der Waals surface area contributed by atoms with Gasteiger partial charge in [-0.15, -0.1) is 12.4 Å². The van der Waals surface area contributed by atoms with E-state index in [0.29, 0.717) is 18.0 Å². The molecular formula is C22H25ClN4O2. The van der Waals surface area contributed by atoms with Crippen LogP contribution in [0.1, 0.15) is 17.0 Å². The van der Waals surface area contributed by atoms with Crippen molar-refractivity contribution in [1.82, 2.24) is 15.1 Å². The van der Waals surface area contributed by atoms with Crippen LogP contribution in [0.2, 0.25) is 0 Å². The Hall–Kier alpha value is -2.83. The molecule has 152 valence electrons. The van der Waals surface area contributed by atoms with Crippen LogP contribution in [-0.2, 0) is 11.8 Å². The van der Waals surface area contributed by atoms with Crippen molar-refractivity contribution in [2.75, 3.05) is 18.4 Å². The summed E-state index contributed by atoms with van der Waals surface area (Å²) in [6.07, 6.45) is 3.82. The molecule has 0 spiro atoms. The number of carbonyl (C=O) groups is 1. The predicted molar refractivity (Wildman–Crippen MR) is 116 cm³/mol. The third-order valence-electron chi connectivity index (χ3n) is 5.07. The minimum Gasteiger partial charge on any atom is -0.455 e. The lowest BCUT2D eigenvalue weighted by Crippen LogP contribution is -2.28. The zero-order valence-electron chi connectivity index (χ0n) is 16.5. The van der Waals surface area contributed by atoms with Gasteiger partial charge in [0.15, 0.2) is 5.75 Å². The number of carbonyl (C=O) groups excluding carboxylic acids is 1. The van der Waals surface area contributed by atoms with E-state index in [1.165, 1.54) is 0 Å². The summed E-state index contributed by atoms with van der Waals surface area (Å²) in [6.45, 7) is 3.41. The van der Waals surface area contributed by atoms with E-state index < -0.39 is 0 Å². The summed E-state index contributed by atoms with van der Waals surface area (Å²) in [4.78, 5) is 13.1. The van der Waals surface area contributed by atoms with Gasteiger partial charge in [0, 0.05) is 32.3 Å². The Labute approximate surface area is 176 Å². The zero-order chi connectivity index (χ0) is 19.5. The molecule has 1 aliphatic rings. The topological polar surface area (TPSA) is 68.2 Å². The summed E-state index contributed by atoms with van der Waals surface area (Å²) >= 11 is 0. The average Bonchev–Trinajstić information content (AvgIpc) is 3.33. The summed E-state index contributed by atoms with van der Waals surface area (Å²) in [5.74, 6) is 1.31. The highest BCUT2D eigenvalue weighted by atomic mass is 35.5. The number of anilines is 1. The number of rotatable bonds is 5. The van der Waals surface area contributed by atoms with Gasteiger partial charge in [0.25, 0.3) is 0 Å². The number of aryl methyl sites for hydroxylation is 2. The lowest BCUT2D eigenvalue weighted by Gasteiger charge is -2.19. The number of nitrogens with zero attached hydrogens (tertiary/aromatic N) is 2. The van der Waals surface area contributed by atoms with E-state index in [2.05, 4.69) is 15.7 Å². The van der Waals surface area contributed by atoms with Crippen LogP contribution >= 0.6 is 12.4 Å². The van der Waals surface area contributed by atoms with Crippen LogP contribution < -0.4 is 15.4 Å². The molecule has 3 aromatic rings. The minimum absolute atomic E-state index is 0. The summed E-state index contributed by atoms with van der Waals surface area (Å²) in [6, 6.07) is 15.4. The van der Waals surface area contributed by atoms with Crippen LogP contribution in [0.25, 0.3) is 0 Å². The van der Waals surface area contributed by atoms with Crippen molar-refractivity contribution in [2.24, 2.45) is 13.0 Å². The molecule has 0 saturated carbocycles. The lowest BCUT2D eigenvalue weighted by atomic mass is 9.90. The fourth-order valence-electron chi connectivity index (χ4n) is 3.61. The van der Waals surface area contributed by atoms with Crippen molar-refractivity contribution < 1.29 is 9.53 Å². The molecule has 2 N–H and O–H groups in total. The van der Waals surface area contributed by atoms with Gasteiger partial charge in [0.1, 0.15) is 5.75 Å². The molecule has 4 rings (SSSR count). The van der Waals surface area contributed by atoms with E-state index in [-0.39, 0.29) is 30.2 Å². The standard InChI is InChI=1S/C22H24N4O2.ClH/c1-15-8-9-21(28-17-6-4-3-5-7-17)20(10-15)25-22(27)19-13-23-12-18(19)16-11-24-26(2)14-16;/h3-11,14,18-19,23H,12-13H2,1-2H3,(H,25,27);1H/t18-,19+;/m1./s1. The van der Waals surface area contributed by atoms with Gasteiger partial charge in [-0.05, 0) is 42.3 Å². The molecule has 0 radical (unpaired) electrons. The molecule has 29 heavy (non-hydrogen) atoms. The van der Waals surface area contributed by atoms with E-state index in [1.807, 2.05) is 74.9 Å². The SMILES string of the molecule is Cc1ccc(Oc2ccccc2)c(NC(=O)[C@H]2CNC[C@@H]2c2cnn(C)c2)c1.Cl. The smallest absolute Gasteiger partial charge is 0.229 e. The Morgan fingerprint density at radius 3 is 2.72 bits per heavy atom. The number of para-hydroxylation sites is 1. The van der Waals surface area contributed by atoms with E-state index >= 15 is 0 Å². The summed E-state index contributed by atoms with van der Waals surface area (Å²) < 4.78 is 7.77. The average molecular weight is 413 g/mol. The third kappa shape index (κ3) is 4.78. The van der Waals surface area contributed by atoms with Crippen molar-refractivity contribution in [3.8, 4) is 11.5 Å². The summed E-state index contributed by atoms with van der Waals surface area (Å²) in [7, 11) is 1.89. The van der Waals surface area contributed by atoms with Crippen LogP contribution in [0.5, 0.6) is 11.5 Å². The highest BCUT2D eigenvalue weighted by Gasteiger charge is 2.35. The number of hydrogen-bond donors (Lipinski definition) is 2. The third-order valence-corrected chi connectivity index (χ3v) is 5.07. The fraction of sp³-hybridized carbons (Fsp3) is 0.273. The van der Waals surface area contributed by atoms with Gasteiger partial charge in [-0.2, -0.15) is 5.10 Å². The minimum atomic E-state index is -0.158. The molecule has 2 aromatic carbocycles. The van der Waals surface area contributed by atoms with Crippen molar-refractivity contribution in [3.05, 3.63) is 72.1 Å². The highest BCUT2D eigenvalue weighted by Crippen LogP contribution is 2.33. The van der Waals surface area contributed by atoms with Crippen LogP contribution in [0.4, 0.5) is 5.69 Å². The number of nitrogens with one attached hydrogen (secondary N) is 2. The first kappa shape index (κ1) is 20.9. The highest BCUT2D eigenvalue weighted by molar-refractivity contribution is 5.95. The fourth-order valence-corrected chi connectivity index (χ4v) is 3.61. The van der Waals surface area contributed by atoms with Crippen molar-refractivity contribution >= 4 is 24.0 Å². The molecule has 2 heterocycles. The molecule has 1 aliphatic heterocycles. The maximum Gasteiger partial charge on any atom is 0.229 e. The Morgan fingerprint density at radius 2 is 2.00 bits per heavy atom. The number of halogens is 1. The van der Waals surface area contributed by atoms with Gasteiger partial charge < -0.3 is 15.4 Å². The first-order chi connectivity index (χ1) is 13.6. The summed E-state index contributed by atoms with van der Waals surface area (Å²) in [5.41, 5.74) is 2.83. The normalized spacial score (nSPS) is 18.1. The van der Waals surface area contributed by atoms with Crippen LogP contribution in [-0.4, -0.2) is 28.8 Å². The second kappa shape index (κ2) is 9.11. The van der Waals surface area contributed by atoms with E-state index in [4.69, 9.17) is 4.74 Å². The van der Waals surface area contributed by atoms with E-state index in [9.17, 15) is 4.79 Å².